The molecule has 1 unspecified atom stereocenters. The number of nitrogens with one attached hydrogen (secondary N) is 1. The highest BCUT2D eigenvalue weighted by Crippen LogP contribution is 2.03. The molecular weight excluding hydrogens is 214 g/mol. The highest BCUT2D eigenvalue weighted by atomic mass is 32.2. The predicted octanol–water partition coefficient (Wildman–Crippen LogP) is 3.21. The van der Waals surface area contributed by atoms with Crippen LogP contribution >= 0.6 is 11.8 Å². The van der Waals surface area contributed by atoms with Gasteiger partial charge in [0.2, 0.25) is 0 Å². The van der Waals surface area contributed by atoms with E-state index in [0.717, 1.165) is 19.0 Å². The molecule has 0 fully saturated rings. The number of benzene rings is 1. The molecule has 1 N–H and O–H groups in total. The van der Waals surface area contributed by atoms with Crippen LogP contribution in [-0.4, -0.2) is 25.1 Å². The average Bonchev–Trinajstić information content (AvgIpc) is 2.30. The SMILES string of the molecule is CSCC(C)CNCCCc1ccccc1. The third kappa shape index (κ3) is 6.19. The Hall–Kier alpha value is -0.470. The molecule has 0 aromatic heterocycles. The molecule has 2 heteroatoms. The van der Waals surface area contributed by atoms with Crippen molar-refractivity contribution < 1.29 is 0 Å². The third-order valence-corrected chi connectivity index (χ3v) is 3.51. The van der Waals surface area contributed by atoms with Gasteiger partial charge in [0.25, 0.3) is 0 Å². The second-order valence-corrected chi connectivity index (χ2v) is 5.26. The third-order valence-electron chi connectivity index (χ3n) is 2.61. The van der Waals surface area contributed by atoms with Crippen LogP contribution in [0.25, 0.3) is 0 Å². The molecule has 0 bridgehead atoms. The molecule has 0 aliphatic rings. The summed E-state index contributed by atoms with van der Waals surface area (Å²) in [6, 6.07) is 10.7. The lowest BCUT2D eigenvalue weighted by atomic mass is 10.1. The van der Waals surface area contributed by atoms with Gasteiger partial charge in [0.1, 0.15) is 0 Å². The van der Waals surface area contributed by atoms with E-state index in [0.29, 0.717) is 0 Å². The molecule has 0 aliphatic heterocycles. The number of hydrogen-bond donors (Lipinski definition) is 1. The zero-order valence-corrected chi connectivity index (χ0v) is 11.2. The summed E-state index contributed by atoms with van der Waals surface area (Å²) in [5.74, 6) is 2.04. The normalized spacial score (nSPS) is 12.6. The smallest absolute Gasteiger partial charge is 0.00153 e. The molecule has 0 spiro atoms. The number of thioether (sulfide) groups is 1. The minimum Gasteiger partial charge on any atom is -0.316 e. The molecule has 1 rings (SSSR count). The Bertz CT molecular complexity index is 261. The minimum atomic E-state index is 0.784. The van der Waals surface area contributed by atoms with Crippen LogP contribution in [0.3, 0.4) is 0 Å². The topological polar surface area (TPSA) is 12.0 Å². The zero-order valence-electron chi connectivity index (χ0n) is 10.4. The van der Waals surface area contributed by atoms with E-state index >= 15 is 0 Å². The summed E-state index contributed by atoms with van der Waals surface area (Å²) in [5.41, 5.74) is 1.45. The maximum Gasteiger partial charge on any atom is -0.00153 e. The van der Waals surface area contributed by atoms with Gasteiger partial charge in [-0.1, -0.05) is 37.3 Å². The van der Waals surface area contributed by atoms with Gasteiger partial charge in [-0.05, 0) is 49.4 Å². The molecule has 1 nitrogen and oxygen atoms in total. The van der Waals surface area contributed by atoms with Crippen molar-refractivity contribution in [1.82, 2.24) is 5.32 Å². The monoisotopic (exact) mass is 237 g/mol. The summed E-state index contributed by atoms with van der Waals surface area (Å²) in [6.45, 7) is 4.59. The van der Waals surface area contributed by atoms with Gasteiger partial charge >= 0.3 is 0 Å². The summed E-state index contributed by atoms with van der Waals surface area (Å²) in [4.78, 5) is 0. The van der Waals surface area contributed by atoms with Crippen molar-refractivity contribution in [2.24, 2.45) is 5.92 Å². The molecule has 0 aliphatic carbocycles. The van der Waals surface area contributed by atoms with Gasteiger partial charge in [-0.15, -0.1) is 0 Å². The lowest BCUT2D eigenvalue weighted by molar-refractivity contribution is 0.549. The first-order chi connectivity index (χ1) is 7.83. The van der Waals surface area contributed by atoms with Gasteiger partial charge in [-0.3, -0.25) is 0 Å². The van der Waals surface area contributed by atoms with E-state index in [2.05, 4.69) is 48.8 Å². The molecule has 1 atom stereocenters. The predicted molar refractivity (Wildman–Crippen MR) is 75.2 cm³/mol. The zero-order chi connectivity index (χ0) is 11.6. The Balaban J connectivity index is 2.00. The molecule has 0 radical (unpaired) electrons. The van der Waals surface area contributed by atoms with E-state index < -0.39 is 0 Å². The average molecular weight is 237 g/mol. The van der Waals surface area contributed by atoms with Crippen LogP contribution in [0, 0.1) is 5.92 Å². The van der Waals surface area contributed by atoms with Gasteiger partial charge in [0.15, 0.2) is 0 Å². The number of rotatable bonds is 8. The minimum absolute atomic E-state index is 0.784. The lowest BCUT2D eigenvalue weighted by Gasteiger charge is -2.10. The highest BCUT2D eigenvalue weighted by molar-refractivity contribution is 7.98. The molecule has 0 saturated carbocycles. The van der Waals surface area contributed by atoms with E-state index in [1.807, 2.05) is 11.8 Å². The fourth-order valence-corrected chi connectivity index (χ4v) is 2.44. The van der Waals surface area contributed by atoms with E-state index in [9.17, 15) is 0 Å². The number of hydrogen-bond acceptors (Lipinski definition) is 2. The van der Waals surface area contributed by atoms with Crippen molar-refractivity contribution in [1.29, 1.82) is 0 Å². The summed E-state index contributed by atoms with van der Waals surface area (Å²) < 4.78 is 0. The second-order valence-electron chi connectivity index (χ2n) is 4.35. The van der Waals surface area contributed by atoms with Crippen molar-refractivity contribution in [3.05, 3.63) is 35.9 Å². The Morgan fingerprint density at radius 2 is 2.00 bits per heavy atom. The van der Waals surface area contributed by atoms with E-state index in [4.69, 9.17) is 0 Å². The van der Waals surface area contributed by atoms with Crippen molar-refractivity contribution in [3.8, 4) is 0 Å². The Kier molecular flexibility index (Phi) is 7.35. The van der Waals surface area contributed by atoms with Crippen LogP contribution < -0.4 is 5.32 Å². The number of aryl methyl sites for hydroxylation is 1. The molecule has 1 aromatic carbocycles. The van der Waals surface area contributed by atoms with Crippen molar-refractivity contribution >= 4 is 11.8 Å². The van der Waals surface area contributed by atoms with Crippen molar-refractivity contribution in [3.63, 3.8) is 0 Å². The van der Waals surface area contributed by atoms with Crippen LogP contribution in [-0.2, 0) is 6.42 Å². The fourth-order valence-electron chi connectivity index (χ4n) is 1.75. The highest BCUT2D eigenvalue weighted by Gasteiger charge is 1.99. The van der Waals surface area contributed by atoms with Gasteiger partial charge in [-0.2, -0.15) is 11.8 Å². The molecule has 0 saturated heterocycles. The first-order valence-corrected chi connectivity index (χ1v) is 7.46. The van der Waals surface area contributed by atoms with Gasteiger partial charge in [0, 0.05) is 0 Å². The molecule has 0 amide bonds. The van der Waals surface area contributed by atoms with E-state index in [-0.39, 0.29) is 0 Å². The first-order valence-electron chi connectivity index (χ1n) is 6.06. The summed E-state index contributed by atoms with van der Waals surface area (Å²) in [6.07, 6.45) is 4.59. The van der Waals surface area contributed by atoms with Crippen LogP contribution in [0.5, 0.6) is 0 Å². The van der Waals surface area contributed by atoms with E-state index in [1.165, 1.54) is 24.2 Å². The van der Waals surface area contributed by atoms with Gasteiger partial charge in [-0.25, -0.2) is 0 Å². The van der Waals surface area contributed by atoms with Gasteiger partial charge in [0.05, 0.1) is 0 Å². The molecule has 1 aromatic rings. The maximum atomic E-state index is 3.53. The largest absolute Gasteiger partial charge is 0.316 e. The van der Waals surface area contributed by atoms with E-state index in [1.54, 1.807) is 0 Å². The summed E-state index contributed by atoms with van der Waals surface area (Å²) >= 11 is 1.93. The van der Waals surface area contributed by atoms with Crippen LogP contribution in [0.4, 0.5) is 0 Å². The van der Waals surface area contributed by atoms with Crippen LogP contribution in [0.1, 0.15) is 18.9 Å². The Morgan fingerprint density at radius 1 is 1.25 bits per heavy atom. The molecular formula is C14H23NS. The molecule has 90 valence electrons. The first kappa shape index (κ1) is 13.6. The molecule has 0 heterocycles. The fraction of sp³-hybridized carbons (Fsp3) is 0.571. The quantitative estimate of drug-likeness (QED) is 0.697. The Morgan fingerprint density at radius 3 is 2.69 bits per heavy atom. The summed E-state index contributed by atoms with van der Waals surface area (Å²) in [5, 5.41) is 3.53. The maximum absolute atomic E-state index is 3.53. The van der Waals surface area contributed by atoms with Gasteiger partial charge < -0.3 is 5.32 Å². The second kappa shape index (κ2) is 8.66. The summed E-state index contributed by atoms with van der Waals surface area (Å²) in [7, 11) is 0. The van der Waals surface area contributed by atoms with Crippen LogP contribution in [0.2, 0.25) is 0 Å². The van der Waals surface area contributed by atoms with Crippen molar-refractivity contribution in [2.45, 2.75) is 19.8 Å². The Labute approximate surface area is 104 Å². The lowest BCUT2D eigenvalue weighted by Crippen LogP contribution is -2.23. The van der Waals surface area contributed by atoms with Crippen LogP contribution in [0.15, 0.2) is 30.3 Å². The molecule has 16 heavy (non-hydrogen) atoms. The van der Waals surface area contributed by atoms with Crippen molar-refractivity contribution in [2.75, 3.05) is 25.1 Å². The standard InChI is InChI=1S/C14H23NS/c1-13(12-16-2)11-15-10-6-9-14-7-4-3-5-8-14/h3-5,7-8,13,15H,6,9-12H2,1-2H3.